The van der Waals surface area contributed by atoms with Crippen molar-refractivity contribution in [2.24, 2.45) is 16.7 Å². The first kappa shape index (κ1) is 14.4. The van der Waals surface area contributed by atoms with Crippen LogP contribution in [0.3, 0.4) is 0 Å². The van der Waals surface area contributed by atoms with Crippen LogP contribution in [0, 0.1) is 16.7 Å². The maximum Gasteiger partial charge on any atom is 0.134 e. The summed E-state index contributed by atoms with van der Waals surface area (Å²) in [4.78, 5) is 0. The molecule has 0 aliphatic heterocycles. The molecular formula is C17H24BrNO. The Morgan fingerprint density at radius 3 is 2.75 bits per heavy atom. The smallest absolute Gasteiger partial charge is 0.134 e. The van der Waals surface area contributed by atoms with Crippen LogP contribution in [0.5, 0.6) is 5.75 Å². The summed E-state index contributed by atoms with van der Waals surface area (Å²) in [5.74, 6) is 1.22. The normalized spacial score (nSPS) is 34.6. The van der Waals surface area contributed by atoms with Crippen LogP contribution in [0.15, 0.2) is 22.7 Å². The molecule has 2 saturated carbocycles. The number of halogens is 1. The minimum atomic E-state index is 0.356. The molecule has 3 rings (SSSR count). The highest BCUT2D eigenvalue weighted by Crippen LogP contribution is 2.62. The highest BCUT2D eigenvalue weighted by atomic mass is 79.9. The first-order valence-electron chi connectivity index (χ1n) is 7.54. The molecule has 0 aromatic heterocycles. The molecule has 0 heterocycles. The van der Waals surface area contributed by atoms with Gasteiger partial charge in [-0.15, -0.1) is 0 Å². The van der Waals surface area contributed by atoms with E-state index < -0.39 is 0 Å². The molecule has 2 aliphatic rings. The Morgan fingerprint density at radius 2 is 2.10 bits per heavy atom. The van der Waals surface area contributed by atoms with E-state index in [1.165, 1.54) is 19.3 Å². The monoisotopic (exact) mass is 337 g/mol. The van der Waals surface area contributed by atoms with Gasteiger partial charge in [-0.3, -0.25) is 0 Å². The van der Waals surface area contributed by atoms with Crippen LogP contribution in [0.1, 0.15) is 45.6 Å². The number of phenolic OH excluding ortho intramolecular Hbond substituents is 1. The predicted molar refractivity (Wildman–Crippen MR) is 85.7 cm³/mol. The van der Waals surface area contributed by atoms with E-state index in [-0.39, 0.29) is 0 Å². The minimum absolute atomic E-state index is 0.356. The molecule has 3 unspecified atom stereocenters. The zero-order valence-electron chi connectivity index (χ0n) is 12.5. The molecule has 2 fully saturated rings. The van der Waals surface area contributed by atoms with Crippen LogP contribution in [0.4, 0.5) is 0 Å². The van der Waals surface area contributed by atoms with Crippen LogP contribution in [-0.2, 0) is 6.54 Å². The van der Waals surface area contributed by atoms with Crippen LogP contribution >= 0.6 is 15.9 Å². The Hall–Kier alpha value is -0.540. The lowest BCUT2D eigenvalue weighted by atomic mass is 9.68. The maximum absolute atomic E-state index is 10.1. The molecule has 110 valence electrons. The van der Waals surface area contributed by atoms with Gasteiger partial charge in [-0.2, -0.15) is 0 Å². The van der Waals surface area contributed by atoms with Crippen LogP contribution in [-0.4, -0.2) is 11.1 Å². The Morgan fingerprint density at radius 1 is 1.35 bits per heavy atom. The van der Waals surface area contributed by atoms with Gasteiger partial charge in [-0.05, 0) is 58.0 Å². The number of hydrogen-bond acceptors (Lipinski definition) is 2. The number of para-hydroxylation sites is 1. The van der Waals surface area contributed by atoms with Crippen molar-refractivity contribution in [1.82, 2.24) is 5.32 Å². The largest absolute Gasteiger partial charge is 0.506 e. The lowest BCUT2D eigenvalue weighted by molar-refractivity contribution is 0.108. The second-order valence-corrected chi connectivity index (χ2v) is 8.33. The number of aromatic hydroxyl groups is 1. The third kappa shape index (κ3) is 2.10. The molecule has 20 heavy (non-hydrogen) atoms. The lowest BCUT2D eigenvalue weighted by Gasteiger charge is -2.43. The summed E-state index contributed by atoms with van der Waals surface area (Å²) in [6, 6.07) is 6.39. The Bertz CT molecular complexity index is 523. The van der Waals surface area contributed by atoms with Crippen molar-refractivity contribution in [3.8, 4) is 5.75 Å². The van der Waals surface area contributed by atoms with Crippen molar-refractivity contribution in [3.05, 3.63) is 28.2 Å². The van der Waals surface area contributed by atoms with Crippen molar-refractivity contribution in [2.45, 2.75) is 52.6 Å². The molecule has 1 aromatic rings. The topological polar surface area (TPSA) is 32.3 Å². The first-order valence-corrected chi connectivity index (χ1v) is 8.34. The van der Waals surface area contributed by atoms with E-state index in [1.54, 1.807) is 0 Å². The quantitative estimate of drug-likeness (QED) is 0.853. The van der Waals surface area contributed by atoms with Crippen molar-refractivity contribution >= 4 is 15.9 Å². The average Bonchev–Trinajstić information content (AvgIpc) is 2.85. The van der Waals surface area contributed by atoms with Gasteiger partial charge in [0.1, 0.15) is 5.75 Å². The van der Waals surface area contributed by atoms with Crippen molar-refractivity contribution in [3.63, 3.8) is 0 Å². The molecule has 2 bridgehead atoms. The van der Waals surface area contributed by atoms with Crippen molar-refractivity contribution < 1.29 is 5.11 Å². The van der Waals surface area contributed by atoms with Gasteiger partial charge in [-0.1, -0.05) is 32.9 Å². The van der Waals surface area contributed by atoms with Gasteiger partial charge in [0.25, 0.3) is 0 Å². The van der Waals surface area contributed by atoms with Crippen molar-refractivity contribution in [1.29, 1.82) is 0 Å². The third-order valence-electron chi connectivity index (χ3n) is 5.84. The van der Waals surface area contributed by atoms with E-state index in [0.29, 0.717) is 22.6 Å². The van der Waals surface area contributed by atoms with Gasteiger partial charge in [0.2, 0.25) is 0 Å². The third-order valence-corrected chi connectivity index (χ3v) is 6.48. The zero-order valence-corrected chi connectivity index (χ0v) is 14.1. The van der Waals surface area contributed by atoms with E-state index in [1.807, 2.05) is 18.2 Å². The molecule has 0 radical (unpaired) electrons. The van der Waals surface area contributed by atoms with Crippen LogP contribution in [0.25, 0.3) is 0 Å². The number of rotatable bonds is 3. The molecule has 3 heteroatoms. The summed E-state index contributed by atoms with van der Waals surface area (Å²) in [6.45, 7) is 7.98. The minimum Gasteiger partial charge on any atom is -0.506 e. The van der Waals surface area contributed by atoms with Gasteiger partial charge in [0.15, 0.2) is 0 Å². The Kier molecular flexibility index (Phi) is 3.41. The number of hydrogen-bond donors (Lipinski definition) is 2. The number of benzene rings is 1. The maximum atomic E-state index is 10.1. The van der Waals surface area contributed by atoms with E-state index in [4.69, 9.17) is 0 Å². The Balaban J connectivity index is 1.77. The van der Waals surface area contributed by atoms with Gasteiger partial charge >= 0.3 is 0 Å². The summed E-state index contributed by atoms with van der Waals surface area (Å²) >= 11 is 3.39. The average molecular weight is 338 g/mol. The molecule has 2 nitrogen and oxygen atoms in total. The van der Waals surface area contributed by atoms with E-state index in [0.717, 1.165) is 22.5 Å². The number of nitrogens with one attached hydrogen (secondary N) is 1. The van der Waals surface area contributed by atoms with E-state index in [9.17, 15) is 5.11 Å². The van der Waals surface area contributed by atoms with Gasteiger partial charge in [0, 0.05) is 18.2 Å². The fraction of sp³-hybridized carbons (Fsp3) is 0.647. The molecule has 0 amide bonds. The van der Waals surface area contributed by atoms with Crippen LogP contribution < -0.4 is 5.32 Å². The highest BCUT2D eigenvalue weighted by Gasteiger charge is 2.58. The standard InChI is InChI=1S/C17H24BrNO/c1-16(2)12-7-8-17(3,9-12)15(16)19-10-11-5-4-6-13(18)14(11)20/h4-6,12,15,19-20H,7-10H2,1-3H3. The predicted octanol–water partition coefficient (Wildman–Crippen LogP) is 4.46. The number of fused-ring (bicyclic) bond motifs is 2. The van der Waals surface area contributed by atoms with E-state index in [2.05, 4.69) is 42.0 Å². The van der Waals surface area contributed by atoms with E-state index >= 15 is 0 Å². The number of phenols is 1. The molecule has 0 saturated heterocycles. The first-order chi connectivity index (χ1) is 9.34. The van der Waals surface area contributed by atoms with Crippen molar-refractivity contribution in [2.75, 3.05) is 0 Å². The second kappa shape index (κ2) is 4.74. The lowest BCUT2D eigenvalue weighted by Crippen LogP contribution is -2.49. The molecule has 2 N–H and O–H groups in total. The molecule has 3 atom stereocenters. The van der Waals surface area contributed by atoms with Crippen LogP contribution in [0.2, 0.25) is 0 Å². The molecule has 2 aliphatic carbocycles. The fourth-order valence-corrected chi connectivity index (χ4v) is 5.13. The molecule has 0 spiro atoms. The molecular weight excluding hydrogens is 314 g/mol. The summed E-state index contributed by atoms with van der Waals surface area (Å²) in [6.07, 6.45) is 4.06. The van der Waals surface area contributed by atoms with Gasteiger partial charge in [-0.25, -0.2) is 0 Å². The second-order valence-electron chi connectivity index (χ2n) is 7.48. The zero-order chi connectivity index (χ0) is 14.5. The highest BCUT2D eigenvalue weighted by molar-refractivity contribution is 9.10. The SMILES string of the molecule is CC12CCC(C1)C(C)(C)C2NCc1cccc(Br)c1O. The van der Waals surface area contributed by atoms with Gasteiger partial charge < -0.3 is 10.4 Å². The Labute approximate surface area is 130 Å². The molecule has 1 aromatic carbocycles. The van der Waals surface area contributed by atoms with Gasteiger partial charge in [0.05, 0.1) is 4.47 Å². The summed E-state index contributed by atoms with van der Waals surface area (Å²) in [7, 11) is 0. The summed E-state index contributed by atoms with van der Waals surface area (Å²) < 4.78 is 0.773. The fourth-order valence-electron chi connectivity index (χ4n) is 4.73. The summed E-state index contributed by atoms with van der Waals surface area (Å²) in [5.41, 5.74) is 1.76. The summed E-state index contributed by atoms with van der Waals surface area (Å²) in [5, 5.41) is 13.9.